The van der Waals surface area contributed by atoms with Gasteiger partial charge in [-0.1, -0.05) is 17.7 Å². The summed E-state index contributed by atoms with van der Waals surface area (Å²) in [5, 5.41) is 0. The van der Waals surface area contributed by atoms with Gasteiger partial charge in [-0.3, -0.25) is 4.18 Å². The zero-order chi connectivity index (χ0) is 16.2. The van der Waals surface area contributed by atoms with Gasteiger partial charge in [0.2, 0.25) is 0 Å². The van der Waals surface area contributed by atoms with E-state index < -0.39 is 22.2 Å². The van der Waals surface area contributed by atoms with E-state index in [0.717, 1.165) is 18.4 Å². The number of carbonyl (C=O) groups excluding carboxylic acids is 1. The van der Waals surface area contributed by atoms with Gasteiger partial charge < -0.3 is 9.47 Å². The van der Waals surface area contributed by atoms with Gasteiger partial charge in [0.25, 0.3) is 10.1 Å². The molecule has 1 aromatic rings. The highest BCUT2D eigenvalue weighted by Crippen LogP contribution is 2.16. The average molecular weight is 328 g/mol. The molecule has 2 atom stereocenters. The summed E-state index contributed by atoms with van der Waals surface area (Å²) >= 11 is 0. The van der Waals surface area contributed by atoms with Gasteiger partial charge in [-0.2, -0.15) is 8.42 Å². The third-order valence-electron chi connectivity index (χ3n) is 3.35. The maximum absolute atomic E-state index is 12.1. The molecule has 0 aliphatic carbocycles. The van der Waals surface area contributed by atoms with Crippen molar-refractivity contribution < 1.29 is 26.9 Å². The zero-order valence-corrected chi connectivity index (χ0v) is 13.5. The van der Waals surface area contributed by atoms with Crippen molar-refractivity contribution in [2.24, 2.45) is 0 Å². The quantitative estimate of drug-likeness (QED) is 0.585. The molecular weight excluding hydrogens is 308 g/mol. The Labute approximate surface area is 130 Å². The maximum Gasteiger partial charge on any atom is 0.336 e. The molecule has 0 radical (unpaired) electrons. The molecule has 0 spiro atoms. The van der Waals surface area contributed by atoms with Crippen molar-refractivity contribution >= 4 is 16.1 Å². The molecule has 1 fully saturated rings. The van der Waals surface area contributed by atoms with Crippen LogP contribution in [0.1, 0.15) is 25.3 Å². The first kappa shape index (κ1) is 16.9. The van der Waals surface area contributed by atoms with Gasteiger partial charge in [0.05, 0.1) is 11.0 Å². The molecule has 1 aliphatic heterocycles. The smallest absolute Gasteiger partial charge is 0.336 e. The van der Waals surface area contributed by atoms with Gasteiger partial charge >= 0.3 is 5.97 Å². The molecule has 1 saturated heterocycles. The number of hydrogen-bond acceptors (Lipinski definition) is 6. The van der Waals surface area contributed by atoms with Gasteiger partial charge in [0.15, 0.2) is 6.10 Å². The molecule has 6 nitrogen and oxygen atoms in total. The molecule has 0 bridgehead atoms. The third-order valence-corrected chi connectivity index (χ3v) is 4.74. The van der Waals surface area contributed by atoms with Gasteiger partial charge in [-0.05, 0) is 38.8 Å². The number of hydrogen-bond donors (Lipinski definition) is 0. The molecule has 1 unspecified atom stereocenters. The molecule has 0 saturated carbocycles. The van der Waals surface area contributed by atoms with Crippen LogP contribution in [-0.2, 0) is 28.6 Å². The Bertz CT molecular complexity index is 601. The fraction of sp³-hybridized carbons (Fsp3) is 0.533. The van der Waals surface area contributed by atoms with Crippen LogP contribution in [0.4, 0.5) is 0 Å². The van der Waals surface area contributed by atoms with E-state index in [9.17, 15) is 13.2 Å². The number of benzene rings is 1. The Kier molecular flexibility index (Phi) is 5.55. The summed E-state index contributed by atoms with van der Waals surface area (Å²) in [5.74, 6) is -0.716. The van der Waals surface area contributed by atoms with E-state index in [2.05, 4.69) is 0 Å². The van der Waals surface area contributed by atoms with Gasteiger partial charge in [-0.15, -0.1) is 0 Å². The zero-order valence-electron chi connectivity index (χ0n) is 12.7. The summed E-state index contributed by atoms with van der Waals surface area (Å²) in [4.78, 5) is 11.8. The summed E-state index contributed by atoms with van der Waals surface area (Å²) in [6.07, 6.45) is 0.470. The standard InChI is InChI=1S/C15H20O6S/c1-11-5-7-14(8-6-11)22(17,18)21-12(2)15(16)20-10-13-4-3-9-19-13/h5-8,12-13H,3-4,9-10H2,1-2H3/t12?,13-/m0/s1. The van der Waals surface area contributed by atoms with Gasteiger partial charge in [0, 0.05) is 6.61 Å². The lowest BCUT2D eigenvalue weighted by Gasteiger charge is -2.15. The lowest BCUT2D eigenvalue weighted by atomic mass is 10.2. The SMILES string of the molecule is Cc1ccc(S(=O)(=O)OC(C)C(=O)OC[C@@H]2CCCO2)cc1. The summed E-state index contributed by atoms with van der Waals surface area (Å²) in [7, 11) is -3.99. The lowest BCUT2D eigenvalue weighted by molar-refractivity contribution is -0.154. The summed E-state index contributed by atoms with van der Waals surface area (Å²) in [6, 6.07) is 6.21. The molecule has 2 rings (SSSR count). The van der Waals surface area contributed by atoms with E-state index in [1.54, 1.807) is 12.1 Å². The Morgan fingerprint density at radius 2 is 2.05 bits per heavy atom. The number of carbonyl (C=O) groups is 1. The van der Waals surface area contributed by atoms with Crippen molar-refractivity contribution in [2.75, 3.05) is 13.2 Å². The fourth-order valence-electron chi connectivity index (χ4n) is 2.06. The van der Waals surface area contributed by atoms with E-state index in [1.807, 2.05) is 6.92 Å². The van der Waals surface area contributed by atoms with Crippen LogP contribution in [0.3, 0.4) is 0 Å². The van der Waals surface area contributed by atoms with Crippen molar-refractivity contribution in [1.82, 2.24) is 0 Å². The van der Waals surface area contributed by atoms with Crippen LogP contribution in [0, 0.1) is 6.92 Å². The minimum Gasteiger partial charge on any atom is -0.461 e. The highest BCUT2D eigenvalue weighted by molar-refractivity contribution is 7.86. The number of rotatable bonds is 6. The van der Waals surface area contributed by atoms with Crippen LogP contribution in [0.5, 0.6) is 0 Å². The number of ether oxygens (including phenoxy) is 2. The van der Waals surface area contributed by atoms with E-state index in [4.69, 9.17) is 13.7 Å². The van der Waals surface area contributed by atoms with Crippen molar-refractivity contribution in [3.63, 3.8) is 0 Å². The average Bonchev–Trinajstić information content (AvgIpc) is 2.98. The van der Waals surface area contributed by atoms with Gasteiger partial charge in [-0.25, -0.2) is 4.79 Å². The predicted molar refractivity (Wildman–Crippen MR) is 78.8 cm³/mol. The maximum atomic E-state index is 12.1. The van der Waals surface area contributed by atoms with Crippen LogP contribution in [-0.4, -0.2) is 39.8 Å². The Morgan fingerprint density at radius 3 is 2.64 bits per heavy atom. The highest BCUT2D eigenvalue weighted by atomic mass is 32.2. The van der Waals surface area contributed by atoms with Gasteiger partial charge in [0.1, 0.15) is 6.61 Å². The minimum absolute atomic E-state index is 0.0110. The number of esters is 1. The van der Waals surface area contributed by atoms with Crippen molar-refractivity contribution in [2.45, 2.75) is 43.8 Å². The first-order chi connectivity index (χ1) is 10.4. The van der Waals surface area contributed by atoms with E-state index in [0.29, 0.717) is 6.61 Å². The Balaban J connectivity index is 1.90. The van der Waals surface area contributed by atoms with Crippen LogP contribution in [0.15, 0.2) is 29.2 Å². The number of aryl methyl sites for hydroxylation is 1. The molecule has 1 aliphatic rings. The monoisotopic (exact) mass is 328 g/mol. The largest absolute Gasteiger partial charge is 0.461 e. The first-order valence-electron chi connectivity index (χ1n) is 7.17. The highest BCUT2D eigenvalue weighted by Gasteiger charge is 2.26. The van der Waals surface area contributed by atoms with Crippen molar-refractivity contribution in [1.29, 1.82) is 0 Å². The molecular formula is C15H20O6S. The molecule has 1 aromatic carbocycles. The molecule has 122 valence electrons. The van der Waals surface area contributed by atoms with E-state index >= 15 is 0 Å². The van der Waals surface area contributed by atoms with E-state index in [-0.39, 0.29) is 17.6 Å². The lowest BCUT2D eigenvalue weighted by Crippen LogP contribution is -2.29. The molecule has 0 N–H and O–H groups in total. The molecule has 0 aromatic heterocycles. The third kappa shape index (κ3) is 4.53. The second-order valence-electron chi connectivity index (χ2n) is 5.27. The van der Waals surface area contributed by atoms with Crippen LogP contribution in [0.25, 0.3) is 0 Å². The summed E-state index contributed by atoms with van der Waals surface area (Å²) in [6.45, 7) is 3.99. The fourth-order valence-corrected chi connectivity index (χ4v) is 3.10. The summed E-state index contributed by atoms with van der Waals surface area (Å²) in [5.41, 5.74) is 0.933. The van der Waals surface area contributed by atoms with Crippen molar-refractivity contribution in [3.8, 4) is 0 Å². The Morgan fingerprint density at radius 1 is 1.36 bits per heavy atom. The topological polar surface area (TPSA) is 78.9 Å². The predicted octanol–water partition coefficient (Wildman–Crippen LogP) is 1.81. The van der Waals surface area contributed by atoms with Crippen molar-refractivity contribution in [3.05, 3.63) is 29.8 Å². The molecule has 7 heteroatoms. The van der Waals surface area contributed by atoms with E-state index in [1.165, 1.54) is 19.1 Å². The molecule has 0 amide bonds. The van der Waals surface area contributed by atoms with Crippen LogP contribution in [0.2, 0.25) is 0 Å². The Hall–Kier alpha value is -1.44. The second-order valence-corrected chi connectivity index (χ2v) is 6.84. The molecule has 22 heavy (non-hydrogen) atoms. The van der Waals surface area contributed by atoms with Crippen LogP contribution >= 0.6 is 0 Å². The second kappa shape index (κ2) is 7.21. The van der Waals surface area contributed by atoms with Crippen LogP contribution < -0.4 is 0 Å². The summed E-state index contributed by atoms with van der Waals surface area (Å²) < 4.78 is 39.4. The normalized spacial score (nSPS) is 19.8. The minimum atomic E-state index is -3.99. The first-order valence-corrected chi connectivity index (χ1v) is 8.57. The molecule has 1 heterocycles.